The minimum absolute atomic E-state index is 0.0381. The number of hydrogen-bond donors (Lipinski definition) is 0. The van der Waals surface area contributed by atoms with Gasteiger partial charge in [0.25, 0.3) is 0 Å². The molecule has 4 nitrogen and oxygen atoms in total. The summed E-state index contributed by atoms with van der Waals surface area (Å²) in [7, 11) is 0. The van der Waals surface area contributed by atoms with E-state index in [0.717, 1.165) is 42.9 Å². The van der Waals surface area contributed by atoms with Gasteiger partial charge in [0.2, 0.25) is 0 Å². The van der Waals surface area contributed by atoms with Gasteiger partial charge in [0.1, 0.15) is 0 Å². The van der Waals surface area contributed by atoms with Crippen molar-refractivity contribution < 1.29 is 0 Å². The van der Waals surface area contributed by atoms with Crippen molar-refractivity contribution >= 4 is 53.3 Å². The molecular formula is C37H25N3OS. The molecule has 0 aliphatic rings. The monoisotopic (exact) mass is 559 g/mol. The molecule has 0 radical (unpaired) electrons. The van der Waals surface area contributed by atoms with Crippen molar-refractivity contribution in [3.63, 3.8) is 0 Å². The van der Waals surface area contributed by atoms with Crippen molar-refractivity contribution in [2.75, 3.05) is 0 Å². The van der Waals surface area contributed by atoms with E-state index in [2.05, 4.69) is 101 Å². The molecule has 5 aromatic carbocycles. The summed E-state index contributed by atoms with van der Waals surface area (Å²) in [6.07, 6.45) is 5.05. The van der Waals surface area contributed by atoms with Crippen LogP contribution >= 0.6 is 11.3 Å². The molecule has 8 rings (SSSR count). The molecule has 0 amide bonds. The van der Waals surface area contributed by atoms with Gasteiger partial charge in [-0.3, -0.25) is 14.8 Å². The lowest BCUT2D eigenvalue weighted by Gasteiger charge is -2.13. The Kier molecular flexibility index (Phi) is 5.56. The van der Waals surface area contributed by atoms with Crippen LogP contribution in [0.25, 0.3) is 70.0 Å². The second-order valence-corrected chi connectivity index (χ2v) is 11.9. The average Bonchev–Trinajstić information content (AvgIpc) is 3.38. The second-order valence-electron chi connectivity index (χ2n) is 10.8. The third-order valence-electron chi connectivity index (χ3n) is 8.18. The van der Waals surface area contributed by atoms with Crippen LogP contribution in [0.5, 0.6) is 0 Å². The van der Waals surface area contributed by atoms with E-state index in [1.807, 2.05) is 24.3 Å². The van der Waals surface area contributed by atoms with Crippen LogP contribution in [0.3, 0.4) is 0 Å². The lowest BCUT2D eigenvalue weighted by Crippen LogP contribution is -2.02. The number of fused-ring (bicyclic) bond motifs is 5. The molecule has 0 aliphatic carbocycles. The van der Waals surface area contributed by atoms with Crippen molar-refractivity contribution in [1.29, 1.82) is 0 Å². The first-order chi connectivity index (χ1) is 20.6. The third-order valence-corrected chi connectivity index (χ3v) is 9.33. The van der Waals surface area contributed by atoms with Crippen LogP contribution in [-0.2, 0) is 0 Å². The molecule has 42 heavy (non-hydrogen) atoms. The van der Waals surface area contributed by atoms with Gasteiger partial charge in [-0.25, -0.2) is 0 Å². The van der Waals surface area contributed by atoms with Gasteiger partial charge in [-0.1, -0.05) is 60.7 Å². The van der Waals surface area contributed by atoms with Crippen LogP contribution in [0.2, 0.25) is 0 Å². The summed E-state index contributed by atoms with van der Waals surface area (Å²) in [4.78, 5) is 22.4. The summed E-state index contributed by atoms with van der Waals surface area (Å²) in [5.74, 6) is 0. The van der Waals surface area contributed by atoms with Gasteiger partial charge < -0.3 is 4.57 Å². The SMILES string of the molecule is Cc1cccc2c3cccc(C)c3n(-c3cccc(-c4ccc5sc6ccc(-c7cnccn7)cc6c(=O)c5c4)c3)c12. The van der Waals surface area contributed by atoms with Crippen molar-refractivity contribution in [3.05, 3.63) is 137 Å². The Labute approximate surface area is 246 Å². The van der Waals surface area contributed by atoms with Crippen molar-refractivity contribution in [2.45, 2.75) is 13.8 Å². The van der Waals surface area contributed by atoms with E-state index in [0.29, 0.717) is 5.39 Å². The molecule has 0 unspecified atom stereocenters. The van der Waals surface area contributed by atoms with Crippen molar-refractivity contribution in [2.24, 2.45) is 0 Å². The summed E-state index contributed by atoms with van der Waals surface area (Å²) in [6, 6.07) is 33.9. The molecule has 5 heteroatoms. The molecule has 0 saturated carbocycles. The van der Waals surface area contributed by atoms with Gasteiger partial charge in [-0.15, -0.1) is 11.3 Å². The molecule has 3 aromatic heterocycles. The molecule has 0 spiro atoms. The van der Waals surface area contributed by atoms with Crippen molar-refractivity contribution in [3.8, 4) is 28.1 Å². The van der Waals surface area contributed by atoms with Gasteiger partial charge in [0.15, 0.2) is 5.43 Å². The Morgan fingerprint density at radius 2 is 1.24 bits per heavy atom. The first kappa shape index (κ1) is 24.6. The smallest absolute Gasteiger partial charge is 0.195 e. The van der Waals surface area contributed by atoms with E-state index >= 15 is 0 Å². The molecule has 0 N–H and O–H groups in total. The lowest BCUT2D eigenvalue weighted by molar-refractivity contribution is 1.16. The molecular weight excluding hydrogens is 534 g/mol. The molecule has 0 bridgehead atoms. The third kappa shape index (κ3) is 3.78. The highest BCUT2D eigenvalue weighted by Gasteiger charge is 2.16. The van der Waals surface area contributed by atoms with Gasteiger partial charge in [-0.05, 0) is 72.5 Å². The largest absolute Gasteiger partial charge is 0.309 e. The number of rotatable bonds is 3. The zero-order valence-electron chi connectivity index (χ0n) is 23.1. The molecule has 0 atom stereocenters. The summed E-state index contributed by atoms with van der Waals surface area (Å²) >= 11 is 1.64. The van der Waals surface area contributed by atoms with Crippen molar-refractivity contribution in [1.82, 2.24) is 14.5 Å². The number of hydrogen-bond acceptors (Lipinski definition) is 4. The van der Waals surface area contributed by atoms with Crippen LogP contribution in [0.15, 0.2) is 120 Å². The van der Waals surface area contributed by atoms with Crippen LogP contribution in [-0.4, -0.2) is 14.5 Å². The van der Waals surface area contributed by atoms with Crippen LogP contribution in [0, 0.1) is 13.8 Å². The molecule has 0 saturated heterocycles. The lowest BCUT2D eigenvalue weighted by atomic mass is 10.0. The fourth-order valence-corrected chi connectivity index (χ4v) is 7.22. The first-order valence-corrected chi connectivity index (χ1v) is 14.8. The molecule has 0 aliphatic heterocycles. The Balaban J connectivity index is 1.31. The Bertz CT molecular complexity index is 2340. The Morgan fingerprint density at radius 3 is 1.90 bits per heavy atom. The summed E-state index contributed by atoms with van der Waals surface area (Å²) in [5.41, 5.74) is 9.82. The zero-order valence-corrected chi connectivity index (χ0v) is 23.9. The summed E-state index contributed by atoms with van der Waals surface area (Å²) in [6.45, 7) is 4.36. The minimum atomic E-state index is 0.0381. The van der Waals surface area contributed by atoms with Gasteiger partial charge in [0.05, 0.1) is 22.9 Å². The van der Waals surface area contributed by atoms with E-state index in [1.165, 1.54) is 32.9 Å². The maximum atomic E-state index is 13.8. The highest BCUT2D eigenvalue weighted by Crippen LogP contribution is 2.37. The highest BCUT2D eigenvalue weighted by molar-refractivity contribution is 7.24. The minimum Gasteiger partial charge on any atom is -0.309 e. The first-order valence-electron chi connectivity index (χ1n) is 13.9. The molecule has 200 valence electrons. The second kappa shape index (κ2) is 9.47. The van der Waals surface area contributed by atoms with E-state index in [9.17, 15) is 4.79 Å². The van der Waals surface area contributed by atoms with Crippen LogP contribution in [0.1, 0.15) is 11.1 Å². The Morgan fingerprint density at radius 1 is 0.619 bits per heavy atom. The molecule has 3 heterocycles. The predicted octanol–water partition coefficient (Wildman–Crippen LogP) is 9.25. The number of benzene rings is 5. The maximum Gasteiger partial charge on any atom is 0.195 e. The van der Waals surface area contributed by atoms with E-state index in [4.69, 9.17) is 0 Å². The maximum absolute atomic E-state index is 13.8. The van der Waals surface area contributed by atoms with Gasteiger partial charge in [-0.2, -0.15) is 0 Å². The predicted molar refractivity (Wildman–Crippen MR) is 176 cm³/mol. The normalized spacial score (nSPS) is 11.7. The number of nitrogens with zero attached hydrogens (tertiary/aromatic N) is 3. The standard InChI is InChI=1S/C37H25N3OS/c1-22-6-3-10-28-29-11-4-7-23(2)36(29)40(35(22)28)27-9-5-8-24(18-27)25-12-14-33-30(19-25)37(41)31-20-26(13-15-34(31)42-33)32-21-38-16-17-39-32/h3-21H,1-2H3. The number of para-hydroxylation sites is 2. The topological polar surface area (TPSA) is 47.8 Å². The average molecular weight is 560 g/mol. The summed E-state index contributed by atoms with van der Waals surface area (Å²) in [5, 5.41) is 3.96. The van der Waals surface area contributed by atoms with Crippen LogP contribution in [0.4, 0.5) is 0 Å². The highest BCUT2D eigenvalue weighted by atomic mass is 32.1. The molecule has 8 aromatic rings. The number of aryl methyl sites for hydroxylation is 2. The molecule has 0 fully saturated rings. The fourth-order valence-electron chi connectivity index (χ4n) is 6.18. The van der Waals surface area contributed by atoms with E-state index < -0.39 is 0 Å². The van der Waals surface area contributed by atoms with Gasteiger partial charge >= 0.3 is 0 Å². The van der Waals surface area contributed by atoms with Crippen LogP contribution < -0.4 is 5.43 Å². The zero-order chi connectivity index (χ0) is 28.4. The summed E-state index contributed by atoms with van der Waals surface area (Å²) < 4.78 is 4.34. The van der Waals surface area contributed by atoms with E-state index in [1.54, 1.807) is 29.9 Å². The van der Waals surface area contributed by atoms with E-state index in [-0.39, 0.29) is 5.43 Å². The fraction of sp³-hybridized carbons (Fsp3) is 0.0541. The van der Waals surface area contributed by atoms with Gasteiger partial charge in [0, 0.05) is 54.6 Å². The Hall–Kier alpha value is -5.13. The quantitative estimate of drug-likeness (QED) is 0.203. The number of aromatic nitrogens is 3.